The summed E-state index contributed by atoms with van der Waals surface area (Å²) in [5.41, 5.74) is 0.785. The monoisotopic (exact) mass is 338 g/mol. The summed E-state index contributed by atoms with van der Waals surface area (Å²) in [5.74, 6) is 0.158. The second-order valence-corrected chi connectivity index (χ2v) is 6.26. The maximum atomic E-state index is 12.4. The van der Waals surface area contributed by atoms with E-state index in [9.17, 15) is 4.79 Å². The molecule has 1 aliphatic rings. The molecule has 0 aromatic heterocycles. The average molecular weight is 339 g/mol. The standard InChI is InChI=1S/C16H23BrN2O/c1-2-3-4-9-18-10-12-19(13-11-18)16(20)14-5-7-15(17)8-6-14/h5-8H,2-4,9-13H2,1H3. The number of hydrogen-bond acceptors (Lipinski definition) is 2. The van der Waals surface area contributed by atoms with E-state index in [1.807, 2.05) is 29.2 Å². The van der Waals surface area contributed by atoms with Crippen LogP contribution in [-0.4, -0.2) is 48.4 Å². The van der Waals surface area contributed by atoms with Gasteiger partial charge in [-0.25, -0.2) is 0 Å². The van der Waals surface area contributed by atoms with E-state index in [1.54, 1.807) is 0 Å². The first-order valence-corrected chi connectivity index (χ1v) is 8.27. The van der Waals surface area contributed by atoms with Crippen molar-refractivity contribution in [2.24, 2.45) is 0 Å². The smallest absolute Gasteiger partial charge is 0.253 e. The minimum Gasteiger partial charge on any atom is -0.336 e. The van der Waals surface area contributed by atoms with Gasteiger partial charge in [0.25, 0.3) is 5.91 Å². The van der Waals surface area contributed by atoms with Crippen LogP contribution in [0.5, 0.6) is 0 Å². The number of nitrogens with zero attached hydrogens (tertiary/aromatic N) is 2. The second-order valence-electron chi connectivity index (χ2n) is 5.35. The summed E-state index contributed by atoms with van der Waals surface area (Å²) < 4.78 is 1.01. The van der Waals surface area contributed by atoms with Crippen molar-refractivity contribution in [2.75, 3.05) is 32.7 Å². The van der Waals surface area contributed by atoms with E-state index in [1.165, 1.54) is 25.8 Å². The number of carbonyl (C=O) groups is 1. The molecule has 3 nitrogen and oxygen atoms in total. The molecule has 1 amide bonds. The van der Waals surface area contributed by atoms with Crippen molar-refractivity contribution in [1.29, 1.82) is 0 Å². The van der Waals surface area contributed by atoms with Gasteiger partial charge in [0, 0.05) is 36.2 Å². The van der Waals surface area contributed by atoms with Crippen molar-refractivity contribution in [1.82, 2.24) is 9.80 Å². The van der Waals surface area contributed by atoms with Gasteiger partial charge in [0.1, 0.15) is 0 Å². The number of amides is 1. The molecule has 0 N–H and O–H groups in total. The van der Waals surface area contributed by atoms with Crippen LogP contribution in [-0.2, 0) is 0 Å². The highest BCUT2D eigenvalue weighted by atomic mass is 79.9. The van der Waals surface area contributed by atoms with Crippen molar-refractivity contribution in [2.45, 2.75) is 26.2 Å². The van der Waals surface area contributed by atoms with Gasteiger partial charge in [-0.3, -0.25) is 9.69 Å². The first kappa shape index (κ1) is 15.5. The zero-order chi connectivity index (χ0) is 14.4. The molecule has 2 rings (SSSR count). The van der Waals surface area contributed by atoms with E-state index in [0.717, 1.165) is 36.2 Å². The number of hydrogen-bond donors (Lipinski definition) is 0. The summed E-state index contributed by atoms with van der Waals surface area (Å²) in [6.07, 6.45) is 3.84. The third-order valence-corrected chi connectivity index (χ3v) is 4.36. The Morgan fingerprint density at radius 1 is 1.10 bits per heavy atom. The summed E-state index contributed by atoms with van der Waals surface area (Å²) in [6.45, 7) is 7.11. The quantitative estimate of drug-likeness (QED) is 0.768. The van der Waals surface area contributed by atoms with E-state index in [4.69, 9.17) is 0 Å². The fourth-order valence-corrected chi connectivity index (χ4v) is 2.80. The molecule has 110 valence electrons. The normalized spacial score (nSPS) is 16.4. The predicted molar refractivity (Wildman–Crippen MR) is 86.0 cm³/mol. The zero-order valence-electron chi connectivity index (χ0n) is 12.1. The van der Waals surface area contributed by atoms with Gasteiger partial charge in [0.2, 0.25) is 0 Å². The molecule has 1 fully saturated rings. The third-order valence-electron chi connectivity index (χ3n) is 3.83. The Hall–Kier alpha value is -0.870. The SMILES string of the molecule is CCCCCN1CCN(C(=O)c2ccc(Br)cc2)CC1. The fraction of sp³-hybridized carbons (Fsp3) is 0.562. The third kappa shape index (κ3) is 4.32. The summed E-state index contributed by atoms with van der Waals surface area (Å²) in [7, 11) is 0. The van der Waals surface area contributed by atoms with Gasteiger partial charge in [-0.15, -0.1) is 0 Å². The van der Waals surface area contributed by atoms with Gasteiger partial charge >= 0.3 is 0 Å². The van der Waals surface area contributed by atoms with Crippen molar-refractivity contribution < 1.29 is 4.79 Å². The van der Waals surface area contributed by atoms with Gasteiger partial charge in [0.05, 0.1) is 0 Å². The second kappa shape index (κ2) is 7.79. The van der Waals surface area contributed by atoms with Crippen molar-refractivity contribution in [3.63, 3.8) is 0 Å². The molecule has 1 aliphatic heterocycles. The fourth-order valence-electron chi connectivity index (χ4n) is 2.54. The zero-order valence-corrected chi connectivity index (χ0v) is 13.7. The van der Waals surface area contributed by atoms with E-state index in [2.05, 4.69) is 27.8 Å². The van der Waals surface area contributed by atoms with Crippen LogP contribution in [0.4, 0.5) is 0 Å². The van der Waals surface area contributed by atoms with E-state index in [0.29, 0.717) is 0 Å². The van der Waals surface area contributed by atoms with Crippen LogP contribution in [0, 0.1) is 0 Å². The molecule has 0 saturated carbocycles. The molecule has 0 radical (unpaired) electrons. The minimum atomic E-state index is 0.158. The first-order chi connectivity index (χ1) is 9.70. The topological polar surface area (TPSA) is 23.6 Å². The number of carbonyl (C=O) groups excluding carboxylic acids is 1. The molecule has 4 heteroatoms. The van der Waals surface area contributed by atoms with Crippen LogP contribution < -0.4 is 0 Å². The van der Waals surface area contributed by atoms with Crippen molar-refractivity contribution >= 4 is 21.8 Å². The highest BCUT2D eigenvalue weighted by molar-refractivity contribution is 9.10. The molecule has 0 spiro atoms. The molecule has 20 heavy (non-hydrogen) atoms. The van der Waals surface area contributed by atoms with E-state index >= 15 is 0 Å². The van der Waals surface area contributed by atoms with Crippen LogP contribution in [0.3, 0.4) is 0 Å². The van der Waals surface area contributed by atoms with Crippen LogP contribution in [0.2, 0.25) is 0 Å². The summed E-state index contributed by atoms with van der Waals surface area (Å²) in [5, 5.41) is 0. The Balaban J connectivity index is 1.81. The lowest BCUT2D eigenvalue weighted by Crippen LogP contribution is -2.48. The molecule has 1 aromatic carbocycles. The Labute approximate surface area is 130 Å². The maximum Gasteiger partial charge on any atom is 0.253 e. The average Bonchev–Trinajstić information content (AvgIpc) is 2.48. The van der Waals surface area contributed by atoms with Gasteiger partial charge in [-0.2, -0.15) is 0 Å². The number of piperazine rings is 1. The lowest BCUT2D eigenvalue weighted by atomic mass is 10.1. The molecule has 0 bridgehead atoms. The molecule has 1 heterocycles. The Morgan fingerprint density at radius 2 is 1.75 bits per heavy atom. The number of halogens is 1. The van der Waals surface area contributed by atoms with Crippen molar-refractivity contribution in [3.8, 4) is 0 Å². The van der Waals surface area contributed by atoms with Gasteiger partial charge in [0.15, 0.2) is 0 Å². The summed E-state index contributed by atoms with van der Waals surface area (Å²) in [4.78, 5) is 16.8. The minimum absolute atomic E-state index is 0.158. The number of rotatable bonds is 5. The van der Waals surface area contributed by atoms with Gasteiger partial charge in [-0.05, 0) is 37.2 Å². The van der Waals surface area contributed by atoms with E-state index in [-0.39, 0.29) is 5.91 Å². The highest BCUT2D eigenvalue weighted by Crippen LogP contribution is 2.14. The van der Waals surface area contributed by atoms with Gasteiger partial charge in [-0.1, -0.05) is 35.7 Å². The Kier molecular flexibility index (Phi) is 6.05. The van der Waals surface area contributed by atoms with Gasteiger partial charge < -0.3 is 4.90 Å². The summed E-state index contributed by atoms with van der Waals surface area (Å²) in [6, 6.07) is 7.63. The molecule has 0 aliphatic carbocycles. The predicted octanol–water partition coefficient (Wildman–Crippen LogP) is 3.40. The lowest BCUT2D eigenvalue weighted by molar-refractivity contribution is 0.0635. The van der Waals surface area contributed by atoms with Crippen LogP contribution in [0.15, 0.2) is 28.7 Å². The largest absolute Gasteiger partial charge is 0.336 e. The number of benzene rings is 1. The molecular weight excluding hydrogens is 316 g/mol. The Morgan fingerprint density at radius 3 is 2.35 bits per heavy atom. The molecular formula is C16H23BrN2O. The Bertz CT molecular complexity index is 425. The highest BCUT2D eigenvalue weighted by Gasteiger charge is 2.21. The van der Waals surface area contributed by atoms with E-state index < -0.39 is 0 Å². The number of unbranched alkanes of at least 4 members (excludes halogenated alkanes) is 2. The first-order valence-electron chi connectivity index (χ1n) is 7.48. The lowest BCUT2D eigenvalue weighted by Gasteiger charge is -2.34. The molecule has 1 aromatic rings. The van der Waals surface area contributed by atoms with Crippen LogP contribution in [0.1, 0.15) is 36.5 Å². The molecule has 0 unspecified atom stereocenters. The molecule has 1 saturated heterocycles. The van der Waals surface area contributed by atoms with Crippen molar-refractivity contribution in [3.05, 3.63) is 34.3 Å². The summed E-state index contributed by atoms with van der Waals surface area (Å²) >= 11 is 3.40. The van der Waals surface area contributed by atoms with Crippen LogP contribution >= 0.6 is 15.9 Å². The maximum absolute atomic E-state index is 12.4. The molecule has 0 atom stereocenters. The van der Waals surface area contributed by atoms with Crippen LogP contribution in [0.25, 0.3) is 0 Å².